The van der Waals surface area contributed by atoms with Gasteiger partial charge in [-0.05, 0) is 18.2 Å². The Morgan fingerprint density at radius 2 is 1.73 bits per heavy atom. The summed E-state index contributed by atoms with van der Waals surface area (Å²) in [7, 11) is 1.18. The van der Waals surface area contributed by atoms with Gasteiger partial charge in [0.25, 0.3) is 17.3 Å². The Balaban J connectivity index is 2.05. The van der Waals surface area contributed by atoms with E-state index in [1.54, 1.807) is 0 Å². The van der Waals surface area contributed by atoms with E-state index in [1.807, 2.05) is 5.32 Å². The number of nitro groups is 3. The van der Waals surface area contributed by atoms with Crippen LogP contribution in [0.3, 0.4) is 0 Å². The predicted octanol–water partition coefficient (Wildman–Crippen LogP) is 3.00. The molecular weight excluding hydrogens is 509 g/mol. The van der Waals surface area contributed by atoms with E-state index >= 15 is 0 Å². The van der Waals surface area contributed by atoms with Crippen molar-refractivity contribution in [1.82, 2.24) is 15.4 Å². The molecule has 3 aromatic rings. The summed E-state index contributed by atoms with van der Waals surface area (Å²) in [5.41, 5.74) is -2.70. The van der Waals surface area contributed by atoms with Crippen molar-refractivity contribution in [3.8, 4) is 0 Å². The Hall–Kier alpha value is -5.29. The van der Waals surface area contributed by atoms with E-state index in [2.05, 4.69) is 20.5 Å². The number of carbonyl (C=O) groups excluding carboxylic acids is 1. The first-order valence-electron chi connectivity index (χ1n) is 9.79. The molecule has 0 bridgehead atoms. The fourth-order valence-electron chi connectivity index (χ4n) is 3.12. The summed E-state index contributed by atoms with van der Waals surface area (Å²) >= 11 is 0. The molecule has 1 atom stereocenters. The summed E-state index contributed by atoms with van der Waals surface area (Å²) in [6, 6.07) is 2.55. The molecule has 15 nitrogen and oxygen atoms in total. The zero-order valence-corrected chi connectivity index (χ0v) is 18.3. The maximum atomic E-state index is 13.0. The first-order chi connectivity index (χ1) is 17.3. The molecule has 0 radical (unpaired) electrons. The van der Waals surface area contributed by atoms with Gasteiger partial charge in [-0.15, -0.1) is 0 Å². The van der Waals surface area contributed by atoms with Crippen LogP contribution in [0.1, 0.15) is 17.3 Å². The number of halogens is 3. The van der Waals surface area contributed by atoms with Crippen molar-refractivity contribution in [1.29, 1.82) is 0 Å². The maximum absolute atomic E-state index is 13.0. The SMILES string of the molecule is CN/N=C(\C(=O)Nc1ccc(C(F)(F)F)cc1[N+](=O)[O-])[C@@H](c1cnc2ccc([N+](=O)[O-])cc2n1)[N+](=O)[O-]. The Morgan fingerprint density at radius 1 is 1.03 bits per heavy atom. The molecule has 0 fully saturated rings. The summed E-state index contributed by atoms with van der Waals surface area (Å²) in [5, 5.41) is 39.8. The second-order valence-corrected chi connectivity index (χ2v) is 7.07. The number of fused-ring (bicyclic) bond motifs is 1. The van der Waals surface area contributed by atoms with Crippen molar-refractivity contribution in [3.63, 3.8) is 0 Å². The smallest absolute Gasteiger partial charge is 0.315 e. The van der Waals surface area contributed by atoms with Gasteiger partial charge in [0.2, 0.25) is 5.71 Å². The monoisotopic (exact) mass is 522 g/mol. The van der Waals surface area contributed by atoms with Crippen molar-refractivity contribution >= 4 is 39.7 Å². The molecular formula is C19H13F3N8O7. The number of hydrogen-bond donors (Lipinski definition) is 2. The lowest BCUT2D eigenvalue weighted by molar-refractivity contribution is -0.509. The Morgan fingerprint density at radius 3 is 2.30 bits per heavy atom. The van der Waals surface area contributed by atoms with Crippen molar-refractivity contribution in [3.05, 3.63) is 84.2 Å². The van der Waals surface area contributed by atoms with Gasteiger partial charge in [0.05, 0.1) is 32.6 Å². The van der Waals surface area contributed by atoms with Crippen LogP contribution in [-0.2, 0) is 11.0 Å². The lowest BCUT2D eigenvalue weighted by atomic mass is 10.1. The standard InChI is InChI=1S/C19H13F3N8O7/c1-23-27-16(18(31)26-12-4-2-9(19(20,21)22)6-15(12)29(34)35)17(30(36)37)14-8-24-11-5-3-10(28(32)33)7-13(11)25-14/h2-8,17,23H,1H3,(H,26,31)/b27-16-/t17-/m1/s1. The minimum atomic E-state index is -4.91. The number of amides is 1. The third kappa shape index (κ3) is 5.69. The van der Waals surface area contributed by atoms with Crippen molar-refractivity contribution < 1.29 is 32.7 Å². The van der Waals surface area contributed by atoms with E-state index in [4.69, 9.17) is 0 Å². The van der Waals surface area contributed by atoms with E-state index in [-0.39, 0.29) is 22.8 Å². The average Bonchev–Trinajstić information content (AvgIpc) is 2.82. The first kappa shape index (κ1) is 26.3. The van der Waals surface area contributed by atoms with Gasteiger partial charge in [0.1, 0.15) is 11.4 Å². The first-order valence-corrected chi connectivity index (χ1v) is 9.79. The molecule has 37 heavy (non-hydrogen) atoms. The zero-order valence-electron chi connectivity index (χ0n) is 18.3. The fraction of sp³-hybridized carbons (Fsp3) is 0.158. The third-order valence-electron chi connectivity index (χ3n) is 4.74. The third-order valence-corrected chi connectivity index (χ3v) is 4.74. The molecule has 18 heteroatoms. The van der Waals surface area contributed by atoms with Crippen LogP contribution >= 0.6 is 0 Å². The lowest BCUT2D eigenvalue weighted by Crippen LogP contribution is -2.34. The highest BCUT2D eigenvalue weighted by Gasteiger charge is 2.38. The van der Waals surface area contributed by atoms with Gasteiger partial charge in [-0.2, -0.15) is 18.3 Å². The highest BCUT2D eigenvalue weighted by molar-refractivity contribution is 6.44. The largest absolute Gasteiger partial charge is 0.416 e. The van der Waals surface area contributed by atoms with E-state index < -0.39 is 61.2 Å². The van der Waals surface area contributed by atoms with Crippen LogP contribution in [0.4, 0.5) is 30.2 Å². The van der Waals surface area contributed by atoms with Gasteiger partial charge in [-0.25, -0.2) is 4.98 Å². The van der Waals surface area contributed by atoms with Crippen LogP contribution in [0.5, 0.6) is 0 Å². The molecule has 3 rings (SSSR count). The van der Waals surface area contributed by atoms with Gasteiger partial charge < -0.3 is 10.7 Å². The van der Waals surface area contributed by atoms with E-state index in [1.165, 1.54) is 13.1 Å². The molecule has 1 aromatic heterocycles. The van der Waals surface area contributed by atoms with Crippen LogP contribution in [0.15, 0.2) is 47.7 Å². The molecule has 0 aliphatic heterocycles. The van der Waals surface area contributed by atoms with Crippen molar-refractivity contribution in [2.45, 2.75) is 12.2 Å². The van der Waals surface area contributed by atoms with Gasteiger partial charge in [-0.1, -0.05) is 0 Å². The van der Waals surface area contributed by atoms with Crippen LogP contribution in [0, 0.1) is 30.3 Å². The number of non-ortho nitro benzene ring substituents is 1. The highest BCUT2D eigenvalue weighted by Crippen LogP contribution is 2.35. The molecule has 0 aliphatic rings. The second kappa shape index (κ2) is 10.1. The number of hydrazone groups is 1. The Labute approximate surface area is 202 Å². The van der Waals surface area contributed by atoms with Gasteiger partial charge >= 0.3 is 12.2 Å². The number of carbonyl (C=O) groups is 1. The molecule has 0 saturated carbocycles. The highest BCUT2D eigenvalue weighted by atomic mass is 19.4. The average molecular weight is 522 g/mol. The fourth-order valence-corrected chi connectivity index (χ4v) is 3.12. The minimum absolute atomic E-state index is 0.110. The van der Waals surface area contributed by atoms with E-state index in [9.17, 15) is 48.3 Å². The molecule has 0 spiro atoms. The molecule has 0 saturated heterocycles. The quantitative estimate of drug-likeness (QED) is 0.251. The van der Waals surface area contributed by atoms with Crippen molar-refractivity contribution in [2.24, 2.45) is 5.10 Å². The summed E-state index contributed by atoms with van der Waals surface area (Å²) < 4.78 is 38.9. The number of benzene rings is 2. The van der Waals surface area contributed by atoms with E-state index in [0.29, 0.717) is 12.1 Å². The second-order valence-electron chi connectivity index (χ2n) is 7.07. The number of nitrogens with one attached hydrogen (secondary N) is 2. The van der Waals surface area contributed by atoms with Gasteiger partial charge in [0.15, 0.2) is 0 Å². The minimum Gasteiger partial charge on any atom is -0.315 e. The van der Waals surface area contributed by atoms with E-state index in [0.717, 1.165) is 18.3 Å². The molecule has 1 heterocycles. The summed E-state index contributed by atoms with van der Waals surface area (Å²) in [6.45, 7) is 0. The van der Waals surface area contributed by atoms with Crippen molar-refractivity contribution in [2.75, 3.05) is 12.4 Å². The number of nitrogens with zero attached hydrogens (tertiary/aromatic N) is 6. The molecule has 0 aliphatic carbocycles. The number of hydrogen-bond acceptors (Lipinski definition) is 11. The maximum Gasteiger partial charge on any atom is 0.416 e. The predicted molar refractivity (Wildman–Crippen MR) is 119 cm³/mol. The van der Waals surface area contributed by atoms with Crippen LogP contribution in [-0.4, -0.2) is 43.4 Å². The summed E-state index contributed by atoms with van der Waals surface area (Å²) in [5.74, 6) is -1.38. The molecule has 2 N–H and O–H groups in total. The number of anilines is 1. The van der Waals surface area contributed by atoms with Crippen LogP contribution in [0.2, 0.25) is 0 Å². The number of nitro benzene ring substituents is 2. The topological polar surface area (TPSA) is 209 Å². The summed E-state index contributed by atoms with van der Waals surface area (Å²) in [4.78, 5) is 52.2. The number of aromatic nitrogens is 2. The Kier molecular flexibility index (Phi) is 7.21. The molecule has 1 amide bonds. The van der Waals surface area contributed by atoms with Gasteiger partial charge in [0, 0.05) is 30.2 Å². The number of alkyl halides is 3. The Bertz CT molecular complexity index is 1460. The zero-order chi connectivity index (χ0) is 27.5. The van der Waals surface area contributed by atoms with Crippen LogP contribution in [0.25, 0.3) is 11.0 Å². The van der Waals surface area contributed by atoms with Crippen LogP contribution < -0.4 is 10.7 Å². The lowest BCUT2D eigenvalue weighted by Gasteiger charge is -2.13. The normalized spacial score (nSPS) is 12.6. The number of rotatable bonds is 8. The van der Waals surface area contributed by atoms with Gasteiger partial charge in [-0.3, -0.25) is 40.1 Å². The molecule has 2 aromatic carbocycles. The molecule has 0 unspecified atom stereocenters. The molecule has 192 valence electrons. The summed E-state index contributed by atoms with van der Waals surface area (Å²) in [6.07, 6.45) is -3.98.